The molecule has 3 amide bonds. The van der Waals surface area contributed by atoms with Gasteiger partial charge in [-0.15, -0.1) is 0 Å². The first-order valence-electron chi connectivity index (χ1n) is 9.02. The molecule has 0 radical (unpaired) electrons. The van der Waals surface area contributed by atoms with Crippen LogP contribution in [0.15, 0.2) is 48.5 Å². The Morgan fingerprint density at radius 3 is 2.21 bits per heavy atom. The number of carbonyl (C=O) groups excluding carboxylic acids is 3. The van der Waals surface area contributed by atoms with Gasteiger partial charge in [-0.2, -0.15) is 0 Å². The Labute approximate surface area is 164 Å². The van der Waals surface area contributed by atoms with Gasteiger partial charge in [-0.05, 0) is 42.7 Å². The van der Waals surface area contributed by atoms with Crippen molar-refractivity contribution in [2.24, 2.45) is 0 Å². The maximum atomic E-state index is 11.8. The van der Waals surface area contributed by atoms with E-state index >= 15 is 0 Å². The predicted molar refractivity (Wildman–Crippen MR) is 105 cm³/mol. The zero-order valence-corrected chi connectivity index (χ0v) is 16.1. The Balaban J connectivity index is 1.60. The van der Waals surface area contributed by atoms with Gasteiger partial charge >= 0.3 is 0 Å². The first kappa shape index (κ1) is 21.0. The highest BCUT2D eigenvalue weighted by Gasteiger charge is 2.09. The second-order valence-electron chi connectivity index (χ2n) is 6.39. The molecule has 2 aromatic rings. The summed E-state index contributed by atoms with van der Waals surface area (Å²) >= 11 is 0. The number of ether oxygens (including phenoxy) is 1. The summed E-state index contributed by atoms with van der Waals surface area (Å²) in [5.41, 5.74) is 7.72. The number of amides is 3. The lowest BCUT2D eigenvalue weighted by molar-refractivity contribution is -0.131. The third-order valence-corrected chi connectivity index (χ3v) is 4.10. The molecule has 0 atom stereocenters. The van der Waals surface area contributed by atoms with Crippen molar-refractivity contribution in [3.63, 3.8) is 0 Å². The molecule has 148 valence electrons. The second-order valence-corrected chi connectivity index (χ2v) is 6.39. The van der Waals surface area contributed by atoms with Crippen LogP contribution in [0.25, 0.3) is 0 Å². The van der Waals surface area contributed by atoms with Crippen molar-refractivity contribution in [2.45, 2.75) is 33.2 Å². The molecule has 2 aromatic carbocycles. The number of rotatable bonds is 8. The molecule has 0 unspecified atom stereocenters. The monoisotopic (exact) mass is 383 g/mol. The average Bonchev–Trinajstić information content (AvgIpc) is 2.70. The number of aryl methyl sites for hydroxylation is 2. The van der Waals surface area contributed by atoms with E-state index in [9.17, 15) is 14.4 Å². The van der Waals surface area contributed by atoms with Crippen LogP contribution in [0.1, 0.15) is 29.5 Å². The van der Waals surface area contributed by atoms with Crippen LogP contribution in [0.4, 0.5) is 0 Å². The summed E-state index contributed by atoms with van der Waals surface area (Å²) < 4.78 is 5.38. The normalized spacial score (nSPS) is 10.1. The van der Waals surface area contributed by atoms with Crippen molar-refractivity contribution in [3.8, 4) is 5.75 Å². The van der Waals surface area contributed by atoms with Crippen molar-refractivity contribution in [1.29, 1.82) is 0 Å². The Hall–Kier alpha value is -3.35. The van der Waals surface area contributed by atoms with E-state index in [1.807, 2.05) is 56.3 Å². The van der Waals surface area contributed by atoms with Crippen LogP contribution in [-0.4, -0.2) is 24.3 Å². The van der Waals surface area contributed by atoms with Crippen molar-refractivity contribution in [3.05, 3.63) is 65.2 Å². The van der Waals surface area contributed by atoms with Crippen LogP contribution >= 0.6 is 0 Å². The van der Waals surface area contributed by atoms with Crippen LogP contribution in [0.5, 0.6) is 5.75 Å². The van der Waals surface area contributed by atoms with Gasteiger partial charge in [-0.1, -0.05) is 36.4 Å². The number of nitrogens with one attached hydrogen (secondary N) is 3. The Bertz CT molecular complexity index is 822. The lowest BCUT2D eigenvalue weighted by Gasteiger charge is -2.10. The van der Waals surface area contributed by atoms with Gasteiger partial charge in [0.25, 0.3) is 5.91 Å². The molecule has 7 heteroatoms. The Morgan fingerprint density at radius 2 is 1.50 bits per heavy atom. The maximum absolute atomic E-state index is 11.8. The van der Waals surface area contributed by atoms with E-state index in [1.165, 1.54) is 0 Å². The van der Waals surface area contributed by atoms with Crippen molar-refractivity contribution >= 4 is 17.7 Å². The summed E-state index contributed by atoms with van der Waals surface area (Å²) in [7, 11) is 0. The number of carbonyl (C=O) groups is 3. The molecule has 0 saturated heterocycles. The van der Waals surface area contributed by atoms with E-state index < -0.39 is 11.8 Å². The van der Waals surface area contributed by atoms with Gasteiger partial charge in [0.1, 0.15) is 5.75 Å². The molecule has 0 spiro atoms. The molecule has 3 N–H and O–H groups in total. The molecule has 7 nitrogen and oxygen atoms in total. The van der Waals surface area contributed by atoms with Crippen molar-refractivity contribution in [2.75, 3.05) is 6.61 Å². The smallest absolute Gasteiger partial charge is 0.276 e. The molecule has 0 aliphatic rings. The Morgan fingerprint density at radius 1 is 0.821 bits per heavy atom. The van der Waals surface area contributed by atoms with Gasteiger partial charge in [-0.3, -0.25) is 25.2 Å². The molecular formula is C21H25N3O4. The molecular weight excluding hydrogens is 358 g/mol. The van der Waals surface area contributed by atoms with Gasteiger partial charge < -0.3 is 10.1 Å². The predicted octanol–water partition coefficient (Wildman–Crippen LogP) is 1.93. The zero-order chi connectivity index (χ0) is 20.4. The molecule has 0 heterocycles. The summed E-state index contributed by atoms with van der Waals surface area (Å²) in [6, 6.07) is 15.0. The minimum Gasteiger partial charge on any atom is -0.484 e. The maximum Gasteiger partial charge on any atom is 0.276 e. The largest absolute Gasteiger partial charge is 0.484 e. The first-order chi connectivity index (χ1) is 13.4. The molecule has 0 aliphatic carbocycles. The van der Waals surface area contributed by atoms with Gasteiger partial charge in [0.2, 0.25) is 11.8 Å². The summed E-state index contributed by atoms with van der Waals surface area (Å²) in [4.78, 5) is 35.2. The number of hydrogen-bond donors (Lipinski definition) is 3. The van der Waals surface area contributed by atoms with Crippen LogP contribution in [0.3, 0.4) is 0 Å². The molecule has 0 aromatic heterocycles. The quantitative estimate of drug-likeness (QED) is 0.607. The third kappa shape index (κ3) is 7.49. The molecule has 0 saturated carbocycles. The molecule has 0 aliphatic heterocycles. The van der Waals surface area contributed by atoms with Crippen molar-refractivity contribution in [1.82, 2.24) is 16.2 Å². The van der Waals surface area contributed by atoms with Crippen LogP contribution < -0.4 is 20.9 Å². The summed E-state index contributed by atoms with van der Waals surface area (Å²) in [5, 5.41) is 2.74. The van der Waals surface area contributed by atoms with E-state index in [-0.39, 0.29) is 25.4 Å². The van der Waals surface area contributed by atoms with E-state index in [1.54, 1.807) is 6.07 Å². The second kappa shape index (κ2) is 10.7. The average molecular weight is 383 g/mol. The fourth-order valence-electron chi connectivity index (χ4n) is 2.30. The molecule has 2 rings (SSSR count). The highest BCUT2D eigenvalue weighted by molar-refractivity contribution is 5.86. The van der Waals surface area contributed by atoms with Crippen LogP contribution in [0, 0.1) is 13.8 Å². The lowest BCUT2D eigenvalue weighted by atomic mass is 10.1. The zero-order valence-electron chi connectivity index (χ0n) is 16.1. The summed E-state index contributed by atoms with van der Waals surface area (Å²) in [6.07, 6.45) is 0.00655. The van der Waals surface area contributed by atoms with E-state index in [0.717, 1.165) is 16.7 Å². The number of benzene rings is 2. The van der Waals surface area contributed by atoms with Crippen molar-refractivity contribution < 1.29 is 19.1 Å². The van der Waals surface area contributed by atoms with Gasteiger partial charge in [0.15, 0.2) is 6.61 Å². The van der Waals surface area contributed by atoms with E-state index in [4.69, 9.17) is 4.74 Å². The SMILES string of the molecule is Cc1ccc(OCC(=O)NNC(=O)CCC(=O)NCc2ccccc2)cc1C. The van der Waals surface area contributed by atoms with Gasteiger partial charge in [0, 0.05) is 19.4 Å². The van der Waals surface area contributed by atoms with Gasteiger partial charge in [0.05, 0.1) is 0 Å². The highest BCUT2D eigenvalue weighted by Crippen LogP contribution is 2.16. The van der Waals surface area contributed by atoms with Gasteiger partial charge in [-0.25, -0.2) is 0 Å². The van der Waals surface area contributed by atoms with Crippen LogP contribution in [-0.2, 0) is 20.9 Å². The third-order valence-electron chi connectivity index (χ3n) is 4.10. The molecule has 28 heavy (non-hydrogen) atoms. The minimum absolute atomic E-state index is 0.0289. The highest BCUT2D eigenvalue weighted by atomic mass is 16.5. The fraction of sp³-hybridized carbons (Fsp3) is 0.286. The number of hydrazine groups is 1. The van der Waals surface area contributed by atoms with E-state index in [0.29, 0.717) is 12.3 Å². The summed E-state index contributed by atoms with van der Waals surface area (Å²) in [6.45, 7) is 4.13. The summed E-state index contributed by atoms with van der Waals surface area (Å²) in [5.74, 6) is -0.586. The van der Waals surface area contributed by atoms with E-state index in [2.05, 4.69) is 16.2 Å². The van der Waals surface area contributed by atoms with Crippen LogP contribution in [0.2, 0.25) is 0 Å². The molecule has 0 bridgehead atoms. The fourth-order valence-corrected chi connectivity index (χ4v) is 2.30. The topological polar surface area (TPSA) is 96.5 Å². The first-order valence-corrected chi connectivity index (χ1v) is 9.02. The standard InChI is InChI=1S/C21H25N3O4/c1-15-8-9-18(12-16(15)2)28-14-21(27)24-23-20(26)11-10-19(25)22-13-17-6-4-3-5-7-17/h3-9,12H,10-11,13-14H2,1-2H3,(H,22,25)(H,23,26)(H,24,27). The molecule has 0 fully saturated rings. The lowest BCUT2D eigenvalue weighted by Crippen LogP contribution is -2.44. The number of hydrogen-bond acceptors (Lipinski definition) is 4. The Kier molecular flexibility index (Phi) is 8.02. The minimum atomic E-state index is -0.486.